The number of aromatic nitrogens is 1. The third-order valence-electron chi connectivity index (χ3n) is 7.09. The number of nitrogens with one attached hydrogen (secondary N) is 1. The van der Waals surface area contributed by atoms with Crippen molar-refractivity contribution in [2.75, 3.05) is 50.8 Å². The molecule has 208 valence electrons. The molecule has 0 radical (unpaired) electrons. The summed E-state index contributed by atoms with van der Waals surface area (Å²) >= 11 is 12.4. The summed E-state index contributed by atoms with van der Waals surface area (Å²) in [6.07, 6.45) is -2.54. The van der Waals surface area contributed by atoms with Gasteiger partial charge in [-0.1, -0.05) is 29.3 Å². The van der Waals surface area contributed by atoms with E-state index < -0.39 is 21.8 Å². The summed E-state index contributed by atoms with van der Waals surface area (Å²) < 4.78 is 63.8. The van der Waals surface area contributed by atoms with E-state index in [9.17, 15) is 26.4 Å². The summed E-state index contributed by atoms with van der Waals surface area (Å²) in [6, 6.07) is 7.12. The Bertz CT molecular complexity index is 1270. The molecule has 0 aliphatic carbocycles. The summed E-state index contributed by atoms with van der Waals surface area (Å²) in [6.45, 7) is 3.70. The van der Waals surface area contributed by atoms with Gasteiger partial charge in [0.25, 0.3) is 0 Å². The number of likely N-dealkylation sites (tertiary alicyclic amines) is 1. The normalized spacial score (nSPS) is 22.0. The number of nitrogens with zero attached hydrogens (tertiary/aromatic N) is 4. The highest BCUT2D eigenvalue weighted by Gasteiger charge is 2.41. The van der Waals surface area contributed by atoms with Gasteiger partial charge in [0.2, 0.25) is 10.0 Å². The van der Waals surface area contributed by atoms with Crippen LogP contribution in [0, 0.1) is 5.92 Å². The molecule has 2 fully saturated rings. The molecule has 3 heterocycles. The van der Waals surface area contributed by atoms with E-state index in [2.05, 4.69) is 10.3 Å². The van der Waals surface area contributed by atoms with E-state index in [-0.39, 0.29) is 50.1 Å². The number of anilines is 1. The van der Waals surface area contributed by atoms with E-state index in [0.29, 0.717) is 29.0 Å². The molecule has 38 heavy (non-hydrogen) atoms. The fraction of sp³-hybridized carbons (Fsp3) is 0.500. The number of rotatable bonds is 5. The third-order valence-corrected chi connectivity index (χ3v) is 9.14. The van der Waals surface area contributed by atoms with Crippen molar-refractivity contribution >= 4 is 45.1 Å². The van der Waals surface area contributed by atoms with Gasteiger partial charge in [-0.3, -0.25) is 0 Å². The zero-order valence-electron chi connectivity index (χ0n) is 20.8. The molecule has 2 aromatic rings. The number of benzene rings is 1. The quantitative estimate of drug-likeness (QED) is 0.547. The lowest BCUT2D eigenvalue weighted by atomic mass is 9.84. The van der Waals surface area contributed by atoms with Gasteiger partial charge in [0, 0.05) is 63.3 Å². The fourth-order valence-corrected chi connectivity index (χ4v) is 6.12. The molecule has 3 atom stereocenters. The molecule has 2 amide bonds. The number of urea groups is 1. The zero-order valence-corrected chi connectivity index (χ0v) is 23.1. The second-order valence-electron chi connectivity index (χ2n) is 9.64. The Labute approximate surface area is 229 Å². The van der Waals surface area contributed by atoms with Crippen LogP contribution in [0.5, 0.6) is 0 Å². The highest BCUT2D eigenvalue weighted by Crippen LogP contribution is 2.38. The average molecular weight is 594 g/mol. The van der Waals surface area contributed by atoms with Crippen molar-refractivity contribution in [3.63, 3.8) is 0 Å². The lowest BCUT2D eigenvalue weighted by Gasteiger charge is -2.35. The third kappa shape index (κ3) is 6.47. The lowest BCUT2D eigenvalue weighted by molar-refractivity contribution is -0.137. The highest BCUT2D eigenvalue weighted by molar-refractivity contribution is 7.88. The van der Waals surface area contributed by atoms with Gasteiger partial charge in [0.1, 0.15) is 5.82 Å². The van der Waals surface area contributed by atoms with Crippen LogP contribution in [0.4, 0.5) is 23.8 Å². The van der Waals surface area contributed by atoms with Crippen LogP contribution in [-0.2, 0) is 16.2 Å². The Hall–Kier alpha value is -2.28. The van der Waals surface area contributed by atoms with Gasteiger partial charge in [0.15, 0.2) is 0 Å². The van der Waals surface area contributed by atoms with Gasteiger partial charge >= 0.3 is 12.2 Å². The van der Waals surface area contributed by atoms with Crippen LogP contribution in [0.25, 0.3) is 0 Å². The van der Waals surface area contributed by atoms with E-state index in [1.54, 1.807) is 21.9 Å². The first kappa shape index (κ1) is 28.7. The first-order valence-corrected chi connectivity index (χ1v) is 14.6. The molecular weight excluding hydrogens is 566 g/mol. The molecule has 2 aliphatic rings. The zero-order chi connectivity index (χ0) is 27.8. The number of halogens is 5. The Morgan fingerprint density at radius 1 is 1.05 bits per heavy atom. The monoisotopic (exact) mass is 593 g/mol. The number of amides is 2. The minimum atomic E-state index is -4.48. The van der Waals surface area contributed by atoms with Crippen molar-refractivity contribution in [2.45, 2.75) is 25.1 Å². The summed E-state index contributed by atoms with van der Waals surface area (Å²) in [7, 11) is -3.33. The predicted octanol–water partition coefficient (Wildman–Crippen LogP) is 4.62. The molecule has 1 aromatic heterocycles. The summed E-state index contributed by atoms with van der Waals surface area (Å²) in [4.78, 5) is 20.7. The summed E-state index contributed by atoms with van der Waals surface area (Å²) in [5.74, 6) is 0.0284. The first-order valence-electron chi connectivity index (χ1n) is 12.0. The van der Waals surface area contributed by atoms with Crippen LogP contribution in [0.3, 0.4) is 0 Å². The van der Waals surface area contributed by atoms with Gasteiger partial charge in [-0.25, -0.2) is 18.2 Å². The van der Waals surface area contributed by atoms with Crippen molar-refractivity contribution in [3.8, 4) is 0 Å². The number of hydrogen-bond donors (Lipinski definition) is 1. The molecule has 8 nitrogen and oxygen atoms in total. The number of sulfonamides is 1. The maximum absolute atomic E-state index is 13.4. The van der Waals surface area contributed by atoms with Gasteiger partial charge in [0.05, 0.1) is 21.9 Å². The smallest absolute Gasteiger partial charge is 0.367 e. The molecule has 1 aromatic carbocycles. The molecule has 1 unspecified atom stereocenters. The van der Waals surface area contributed by atoms with Crippen LogP contribution in [-0.4, -0.2) is 85.1 Å². The van der Waals surface area contributed by atoms with E-state index in [1.807, 2.05) is 13.0 Å². The van der Waals surface area contributed by atoms with Crippen molar-refractivity contribution in [2.24, 2.45) is 5.92 Å². The number of carbonyl (C=O) groups excluding carboxylic acids is 1. The molecule has 2 aliphatic heterocycles. The molecular formula is C24H28Cl2F3N5O3S. The molecule has 1 N–H and O–H groups in total. The topological polar surface area (TPSA) is 85.8 Å². The molecule has 2 saturated heterocycles. The van der Waals surface area contributed by atoms with E-state index >= 15 is 0 Å². The fourth-order valence-electron chi connectivity index (χ4n) is 4.99. The van der Waals surface area contributed by atoms with Crippen molar-refractivity contribution in [1.29, 1.82) is 0 Å². The summed E-state index contributed by atoms with van der Waals surface area (Å²) in [5, 5.41) is 3.98. The highest BCUT2D eigenvalue weighted by atomic mass is 35.5. The van der Waals surface area contributed by atoms with Crippen LogP contribution >= 0.6 is 23.2 Å². The number of pyridine rings is 1. The van der Waals surface area contributed by atoms with E-state index in [1.165, 1.54) is 10.4 Å². The second-order valence-corrected chi connectivity index (χ2v) is 12.4. The van der Waals surface area contributed by atoms with Gasteiger partial charge in [-0.15, -0.1) is 0 Å². The van der Waals surface area contributed by atoms with Crippen LogP contribution in [0.15, 0.2) is 36.5 Å². The maximum Gasteiger partial charge on any atom is 0.417 e. The van der Waals surface area contributed by atoms with Crippen molar-refractivity contribution in [1.82, 2.24) is 19.1 Å². The average Bonchev–Trinajstić information content (AvgIpc) is 3.30. The van der Waals surface area contributed by atoms with Crippen LogP contribution in [0.2, 0.25) is 10.0 Å². The van der Waals surface area contributed by atoms with E-state index in [0.717, 1.165) is 24.1 Å². The van der Waals surface area contributed by atoms with E-state index in [4.69, 9.17) is 23.2 Å². The molecule has 0 saturated carbocycles. The number of carbonyl (C=O) groups is 1. The standard InChI is InChI=1S/C24H28Cl2F3N5O3S/c1-15(31-22-6-4-17(12-30-22)24(27,28)29)18-13-33(14-19(18)16-3-5-20(25)21(26)11-16)23(35)32-7-9-34(10-8-32)38(2,36)37/h3-6,11-12,15,18-19H,7-10,13-14H2,1-2H3,(H,30,31)/t15?,18-,19-/m1/s1. The molecule has 0 spiro atoms. The molecule has 4 rings (SSSR count). The molecule has 0 bridgehead atoms. The minimum Gasteiger partial charge on any atom is -0.367 e. The Balaban J connectivity index is 1.52. The predicted molar refractivity (Wildman–Crippen MR) is 140 cm³/mol. The van der Waals surface area contributed by atoms with Crippen LogP contribution in [0.1, 0.15) is 24.0 Å². The SMILES string of the molecule is CC(Nc1ccc(C(F)(F)F)cn1)[C@H]1CN(C(=O)N2CCN(S(C)(=O)=O)CC2)C[C@@H]1c1ccc(Cl)c(Cl)c1. The lowest BCUT2D eigenvalue weighted by Crippen LogP contribution is -2.53. The number of alkyl halides is 3. The number of hydrogen-bond acceptors (Lipinski definition) is 5. The Morgan fingerprint density at radius 2 is 1.74 bits per heavy atom. The maximum atomic E-state index is 13.4. The Kier molecular flexibility index (Phi) is 8.37. The minimum absolute atomic E-state index is 0.127. The van der Waals surface area contributed by atoms with Gasteiger partial charge < -0.3 is 15.1 Å². The largest absolute Gasteiger partial charge is 0.417 e. The summed E-state index contributed by atoms with van der Waals surface area (Å²) in [5.41, 5.74) is 0.0496. The Morgan fingerprint density at radius 3 is 2.29 bits per heavy atom. The molecule has 14 heteroatoms. The second kappa shape index (κ2) is 11.1. The van der Waals surface area contributed by atoms with Crippen molar-refractivity contribution < 1.29 is 26.4 Å². The number of piperazine rings is 1. The first-order chi connectivity index (χ1) is 17.7. The van der Waals surface area contributed by atoms with Crippen molar-refractivity contribution in [3.05, 3.63) is 57.7 Å². The van der Waals surface area contributed by atoms with Crippen LogP contribution < -0.4 is 5.32 Å². The van der Waals surface area contributed by atoms with Gasteiger partial charge in [-0.05, 0) is 36.8 Å². The van der Waals surface area contributed by atoms with Gasteiger partial charge in [-0.2, -0.15) is 17.5 Å².